The third-order valence-electron chi connectivity index (χ3n) is 7.05. The predicted octanol–water partition coefficient (Wildman–Crippen LogP) is 6.43. The highest BCUT2D eigenvalue weighted by Gasteiger charge is 2.48. The fraction of sp³-hybridized carbons (Fsp3) is 0.258. The quantitative estimate of drug-likeness (QED) is 0.233. The lowest BCUT2D eigenvalue weighted by atomic mass is 9.63. The van der Waals surface area contributed by atoms with E-state index in [-0.39, 0.29) is 11.8 Å². The number of carbonyl (C=O) groups excluding carboxylic acids is 2. The Morgan fingerprint density at radius 3 is 2.28 bits per heavy atom. The lowest BCUT2D eigenvalue weighted by Gasteiger charge is -2.47. The molecule has 0 fully saturated rings. The van der Waals surface area contributed by atoms with Crippen LogP contribution in [-0.4, -0.2) is 24.3 Å². The summed E-state index contributed by atoms with van der Waals surface area (Å²) in [6, 6.07) is 17.4. The predicted molar refractivity (Wildman–Crippen MR) is 145 cm³/mol. The lowest BCUT2D eigenvalue weighted by molar-refractivity contribution is 0.149. The van der Waals surface area contributed by atoms with Crippen molar-refractivity contribution in [3.63, 3.8) is 0 Å². The first-order valence-electron chi connectivity index (χ1n) is 12.7. The molecule has 2 unspecified atom stereocenters. The Hall–Kier alpha value is -4.59. The first-order chi connectivity index (χ1) is 18.8. The summed E-state index contributed by atoms with van der Waals surface area (Å²) in [6.07, 6.45) is 3.96. The molecule has 0 radical (unpaired) electrons. The van der Waals surface area contributed by atoms with Gasteiger partial charge in [-0.3, -0.25) is 0 Å². The second-order valence-corrected chi connectivity index (χ2v) is 9.75. The Balaban J connectivity index is 1.41. The van der Waals surface area contributed by atoms with Crippen molar-refractivity contribution in [1.82, 2.24) is 10.3 Å². The third kappa shape index (κ3) is 5.36. The average molecular weight is 527 g/mol. The van der Waals surface area contributed by atoms with Crippen molar-refractivity contribution >= 4 is 12.2 Å². The zero-order valence-electron chi connectivity index (χ0n) is 22.3. The van der Waals surface area contributed by atoms with Gasteiger partial charge in [-0.15, -0.1) is 0 Å². The van der Waals surface area contributed by atoms with Crippen molar-refractivity contribution in [3.05, 3.63) is 101 Å². The molecule has 8 heteroatoms. The molecule has 0 aliphatic heterocycles. The molecule has 2 bridgehead atoms. The molecule has 0 saturated heterocycles. The molecule has 1 amide bonds. The Kier molecular flexibility index (Phi) is 7.11. The number of hydrogen-bond donors (Lipinski definition) is 1. The van der Waals surface area contributed by atoms with E-state index in [1.807, 2.05) is 38.1 Å². The number of pyridine rings is 1. The van der Waals surface area contributed by atoms with E-state index in [0.29, 0.717) is 30.1 Å². The molecule has 2 aliphatic rings. The molecule has 1 heterocycles. The van der Waals surface area contributed by atoms with Crippen molar-refractivity contribution in [3.8, 4) is 23.1 Å². The van der Waals surface area contributed by atoms with Crippen LogP contribution in [0.3, 0.4) is 0 Å². The second kappa shape index (κ2) is 10.6. The normalized spacial score (nSPS) is 20.4. The fourth-order valence-electron chi connectivity index (χ4n) is 5.44. The standard InChI is InChI=1S/C31H30N2O6/c1-5-25-21-16-20(3)18-31(25,33-29(34)37-23-12-10-22(36-4)11-13-23)26-14-15-28(32-27(26)17-21)39-30(35)38-24-8-6-19(2)7-9-24/h5-16,21H,17-18H2,1-4H3,(H,33,34)/b25-5+. The monoisotopic (exact) mass is 526 g/mol. The van der Waals surface area contributed by atoms with Gasteiger partial charge in [0.2, 0.25) is 5.88 Å². The SMILES string of the molecule is C/C=C1\C2C=C(C)CC1(NC(=O)Oc1ccc(OC)cc1)c1ccc(OC(=O)Oc3ccc(C)cc3)nc1C2. The number of carbonyl (C=O) groups is 2. The van der Waals surface area contributed by atoms with Gasteiger partial charge in [-0.2, -0.15) is 0 Å². The van der Waals surface area contributed by atoms with E-state index in [9.17, 15) is 9.59 Å². The highest BCUT2D eigenvalue weighted by atomic mass is 16.7. The molecule has 200 valence electrons. The van der Waals surface area contributed by atoms with Crippen molar-refractivity contribution < 1.29 is 28.5 Å². The first-order valence-corrected chi connectivity index (χ1v) is 12.7. The van der Waals surface area contributed by atoms with Crippen LogP contribution in [0.4, 0.5) is 9.59 Å². The van der Waals surface area contributed by atoms with Gasteiger partial charge in [0.05, 0.1) is 18.3 Å². The minimum absolute atomic E-state index is 0.0276. The van der Waals surface area contributed by atoms with Crippen LogP contribution < -0.4 is 24.3 Å². The van der Waals surface area contributed by atoms with Gasteiger partial charge in [-0.1, -0.05) is 35.4 Å². The van der Waals surface area contributed by atoms with Gasteiger partial charge >= 0.3 is 12.2 Å². The average Bonchev–Trinajstić information content (AvgIpc) is 2.90. The van der Waals surface area contributed by atoms with Crippen LogP contribution >= 0.6 is 0 Å². The van der Waals surface area contributed by atoms with Crippen LogP contribution in [0.2, 0.25) is 0 Å². The maximum atomic E-state index is 13.2. The highest BCUT2D eigenvalue weighted by molar-refractivity contribution is 5.74. The molecule has 2 aromatic carbocycles. The second-order valence-electron chi connectivity index (χ2n) is 9.75. The third-order valence-corrected chi connectivity index (χ3v) is 7.05. The van der Waals surface area contributed by atoms with Gasteiger partial charge in [0, 0.05) is 24.0 Å². The Bertz CT molecular complexity index is 1460. The maximum Gasteiger partial charge on any atom is 0.520 e. The molecule has 0 spiro atoms. The van der Waals surface area contributed by atoms with E-state index in [1.54, 1.807) is 49.6 Å². The van der Waals surface area contributed by atoms with E-state index in [4.69, 9.17) is 18.9 Å². The number of hydrogen-bond acceptors (Lipinski definition) is 7. The van der Waals surface area contributed by atoms with Gasteiger partial charge in [-0.05, 0) is 75.2 Å². The summed E-state index contributed by atoms with van der Waals surface area (Å²) < 4.78 is 21.5. The molecule has 1 N–H and O–H groups in total. The molecule has 8 nitrogen and oxygen atoms in total. The van der Waals surface area contributed by atoms with Crippen LogP contribution in [0.15, 0.2) is 84.0 Å². The summed E-state index contributed by atoms with van der Waals surface area (Å²) >= 11 is 0. The number of methoxy groups -OCH3 is 1. The van der Waals surface area contributed by atoms with Gasteiger partial charge in [0.1, 0.15) is 17.2 Å². The van der Waals surface area contributed by atoms with Crippen molar-refractivity contribution in [1.29, 1.82) is 0 Å². The van der Waals surface area contributed by atoms with E-state index in [2.05, 4.69) is 23.3 Å². The first kappa shape index (κ1) is 26.0. The highest BCUT2D eigenvalue weighted by Crippen LogP contribution is 2.50. The topological polar surface area (TPSA) is 96.0 Å². The minimum atomic E-state index is -0.872. The summed E-state index contributed by atoms with van der Waals surface area (Å²) in [5, 5.41) is 3.15. The summed E-state index contributed by atoms with van der Waals surface area (Å²) in [5.41, 5.74) is 4.01. The number of fused-ring (bicyclic) bond motifs is 4. The molecular formula is C31H30N2O6. The number of amides is 1. The zero-order chi connectivity index (χ0) is 27.6. The number of nitrogens with one attached hydrogen (secondary N) is 1. The Labute approximate surface area is 227 Å². The molecule has 1 aromatic heterocycles. The smallest absolute Gasteiger partial charge is 0.497 e. The molecular weight excluding hydrogens is 496 g/mol. The van der Waals surface area contributed by atoms with Crippen LogP contribution in [0.5, 0.6) is 23.1 Å². The van der Waals surface area contributed by atoms with Gasteiger partial charge in [-0.25, -0.2) is 14.6 Å². The number of rotatable bonds is 5. The number of aromatic nitrogens is 1. The van der Waals surface area contributed by atoms with Crippen molar-refractivity contribution in [2.24, 2.45) is 5.92 Å². The van der Waals surface area contributed by atoms with Gasteiger partial charge in [0.25, 0.3) is 0 Å². The van der Waals surface area contributed by atoms with Gasteiger partial charge < -0.3 is 24.3 Å². The maximum absolute atomic E-state index is 13.2. The van der Waals surface area contributed by atoms with E-state index < -0.39 is 17.8 Å². The number of allylic oxidation sites excluding steroid dienone is 2. The number of aryl methyl sites for hydroxylation is 1. The lowest BCUT2D eigenvalue weighted by Crippen LogP contribution is -2.54. The summed E-state index contributed by atoms with van der Waals surface area (Å²) in [5.74, 6) is 1.61. The molecule has 0 saturated carbocycles. The molecule has 2 aliphatic carbocycles. The number of benzene rings is 2. The summed E-state index contributed by atoms with van der Waals surface area (Å²) in [6.45, 7) is 5.98. The molecule has 2 atom stereocenters. The zero-order valence-corrected chi connectivity index (χ0v) is 22.3. The van der Waals surface area contributed by atoms with Crippen molar-refractivity contribution in [2.45, 2.75) is 39.2 Å². The fourth-order valence-corrected chi connectivity index (χ4v) is 5.44. The van der Waals surface area contributed by atoms with Crippen molar-refractivity contribution in [2.75, 3.05) is 7.11 Å². The largest absolute Gasteiger partial charge is 0.520 e. The van der Waals surface area contributed by atoms with Crippen LogP contribution in [0.25, 0.3) is 0 Å². The van der Waals surface area contributed by atoms with E-state index in [1.165, 1.54) is 0 Å². The molecule has 5 rings (SSSR count). The number of nitrogens with zero attached hydrogens (tertiary/aromatic N) is 1. The summed E-state index contributed by atoms with van der Waals surface area (Å²) in [7, 11) is 1.58. The van der Waals surface area contributed by atoms with Crippen LogP contribution in [0, 0.1) is 12.8 Å². The molecule has 39 heavy (non-hydrogen) atoms. The Morgan fingerprint density at radius 1 is 0.923 bits per heavy atom. The number of ether oxygens (including phenoxy) is 4. The summed E-state index contributed by atoms with van der Waals surface area (Å²) in [4.78, 5) is 30.3. The van der Waals surface area contributed by atoms with Crippen LogP contribution in [0.1, 0.15) is 37.1 Å². The minimum Gasteiger partial charge on any atom is -0.497 e. The Morgan fingerprint density at radius 2 is 1.59 bits per heavy atom. The van der Waals surface area contributed by atoms with Crippen LogP contribution in [-0.2, 0) is 12.0 Å². The van der Waals surface area contributed by atoms with E-state index >= 15 is 0 Å². The molecule has 3 aromatic rings. The van der Waals surface area contributed by atoms with Gasteiger partial charge in [0.15, 0.2) is 0 Å². The van der Waals surface area contributed by atoms with E-state index in [0.717, 1.165) is 28.0 Å².